The molecule has 0 saturated carbocycles. The number of aromatic nitrogens is 4. The molecule has 126 valence electrons. The third-order valence-electron chi connectivity index (χ3n) is 3.90. The van der Waals surface area contributed by atoms with E-state index in [0.717, 1.165) is 28.1 Å². The molecule has 4 nitrogen and oxygen atoms in total. The van der Waals surface area contributed by atoms with Crippen molar-refractivity contribution in [2.45, 2.75) is 13.0 Å². The van der Waals surface area contributed by atoms with E-state index in [2.05, 4.69) is 15.0 Å². The second-order valence-corrected chi connectivity index (χ2v) is 7.07. The van der Waals surface area contributed by atoms with E-state index in [-0.39, 0.29) is 0 Å². The molecular formula is C18H13Cl3N4. The van der Waals surface area contributed by atoms with Crippen molar-refractivity contribution in [3.63, 3.8) is 0 Å². The van der Waals surface area contributed by atoms with Gasteiger partial charge in [-0.25, -0.2) is 9.97 Å². The normalized spacial score (nSPS) is 11.3. The summed E-state index contributed by atoms with van der Waals surface area (Å²) in [4.78, 5) is 12.3. The van der Waals surface area contributed by atoms with Crippen molar-refractivity contribution in [3.8, 4) is 0 Å². The Morgan fingerprint density at radius 3 is 2.64 bits per heavy atom. The number of nitrogens with one attached hydrogen (secondary N) is 1. The second-order valence-electron chi connectivity index (χ2n) is 5.79. The largest absolute Gasteiger partial charge is 0.340 e. The van der Waals surface area contributed by atoms with Crippen molar-refractivity contribution in [3.05, 3.63) is 81.1 Å². The lowest BCUT2D eigenvalue weighted by Gasteiger charge is -2.02. The van der Waals surface area contributed by atoms with Crippen LogP contribution in [0.5, 0.6) is 0 Å². The van der Waals surface area contributed by atoms with Gasteiger partial charge in [0.05, 0.1) is 29.6 Å². The van der Waals surface area contributed by atoms with Gasteiger partial charge in [0.1, 0.15) is 5.82 Å². The first-order chi connectivity index (χ1) is 12.1. The van der Waals surface area contributed by atoms with Crippen molar-refractivity contribution in [2.24, 2.45) is 0 Å². The van der Waals surface area contributed by atoms with Gasteiger partial charge in [-0.05, 0) is 35.9 Å². The van der Waals surface area contributed by atoms with Gasteiger partial charge >= 0.3 is 0 Å². The third-order valence-corrected chi connectivity index (χ3v) is 4.72. The lowest BCUT2D eigenvalue weighted by molar-refractivity contribution is 0.757. The zero-order valence-electron chi connectivity index (χ0n) is 13.0. The van der Waals surface area contributed by atoms with Gasteiger partial charge in [0.2, 0.25) is 0 Å². The van der Waals surface area contributed by atoms with Crippen LogP contribution in [0.3, 0.4) is 0 Å². The summed E-state index contributed by atoms with van der Waals surface area (Å²) in [6, 6.07) is 11.1. The van der Waals surface area contributed by atoms with Crippen LogP contribution in [0.4, 0.5) is 0 Å². The molecule has 0 aliphatic heterocycles. The molecule has 0 atom stereocenters. The van der Waals surface area contributed by atoms with Crippen LogP contribution in [-0.2, 0) is 13.0 Å². The molecule has 0 amide bonds. The van der Waals surface area contributed by atoms with Gasteiger partial charge in [-0.2, -0.15) is 0 Å². The number of nitrogens with zero attached hydrogens (tertiary/aromatic N) is 3. The average Bonchev–Trinajstić information content (AvgIpc) is 3.16. The average molecular weight is 392 g/mol. The van der Waals surface area contributed by atoms with Crippen LogP contribution in [-0.4, -0.2) is 19.5 Å². The van der Waals surface area contributed by atoms with Crippen LogP contribution in [0, 0.1) is 0 Å². The Bertz CT molecular complexity index is 1050. The van der Waals surface area contributed by atoms with E-state index in [1.54, 1.807) is 12.4 Å². The molecule has 25 heavy (non-hydrogen) atoms. The summed E-state index contributed by atoms with van der Waals surface area (Å²) in [5.41, 5.74) is 3.75. The van der Waals surface area contributed by atoms with E-state index in [9.17, 15) is 0 Å². The van der Waals surface area contributed by atoms with Crippen molar-refractivity contribution in [2.75, 3.05) is 0 Å². The van der Waals surface area contributed by atoms with Gasteiger partial charge < -0.3 is 9.55 Å². The monoisotopic (exact) mass is 390 g/mol. The van der Waals surface area contributed by atoms with E-state index in [1.807, 2.05) is 41.1 Å². The van der Waals surface area contributed by atoms with Crippen LogP contribution in [0.15, 0.2) is 48.9 Å². The van der Waals surface area contributed by atoms with Crippen molar-refractivity contribution >= 4 is 45.8 Å². The summed E-state index contributed by atoms with van der Waals surface area (Å²) >= 11 is 18.2. The number of benzene rings is 2. The SMILES string of the molecule is Clc1ccc(Cc2cn(Cc3nc4cc(Cl)ccc4[nH]3)cn2)c(Cl)c1. The van der Waals surface area contributed by atoms with Crippen LogP contribution in [0.25, 0.3) is 11.0 Å². The number of fused-ring (bicyclic) bond motifs is 1. The fourth-order valence-electron chi connectivity index (χ4n) is 2.72. The van der Waals surface area contributed by atoms with Gasteiger partial charge in [0, 0.05) is 27.7 Å². The predicted molar refractivity (Wildman–Crippen MR) is 102 cm³/mol. The van der Waals surface area contributed by atoms with E-state index in [1.165, 1.54) is 0 Å². The van der Waals surface area contributed by atoms with Crippen molar-refractivity contribution in [1.29, 1.82) is 0 Å². The minimum atomic E-state index is 0.605. The van der Waals surface area contributed by atoms with E-state index < -0.39 is 0 Å². The Morgan fingerprint density at radius 1 is 1.00 bits per heavy atom. The number of hydrogen-bond acceptors (Lipinski definition) is 2. The smallest absolute Gasteiger partial charge is 0.127 e. The molecule has 0 aliphatic rings. The Balaban J connectivity index is 1.52. The highest BCUT2D eigenvalue weighted by Crippen LogP contribution is 2.23. The predicted octanol–water partition coefficient (Wildman–Crippen LogP) is 5.36. The molecule has 2 heterocycles. The maximum atomic E-state index is 6.23. The number of aromatic amines is 1. The van der Waals surface area contributed by atoms with Gasteiger partial charge in [0.25, 0.3) is 0 Å². The lowest BCUT2D eigenvalue weighted by Crippen LogP contribution is -1.98. The number of H-pyrrole nitrogens is 1. The first kappa shape index (κ1) is 16.5. The van der Waals surface area contributed by atoms with Gasteiger partial charge in [-0.3, -0.25) is 0 Å². The molecule has 0 radical (unpaired) electrons. The van der Waals surface area contributed by atoms with Gasteiger partial charge in [0.15, 0.2) is 0 Å². The second kappa shape index (κ2) is 6.71. The number of halogens is 3. The quantitative estimate of drug-likeness (QED) is 0.509. The Kier molecular flexibility index (Phi) is 4.42. The molecule has 0 bridgehead atoms. The van der Waals surface area contributed by atoms with Crippen LogP contribution in [0.2, 0.25) is 15.1 Å². The molecule has 0 aliphatic carbocycles. The Morgan fingerprint density at radius 2 is 1.80 bits per heavy atom. The maximum Gasteiger partial charge on any atom is 0.127 e. The zero-order chi connectivity index (χ0) is 17.4. The Labute approximate surface area is 159 Å². The molecule has 0 saturated heterocycles. The Hall–Kier alpha value is -2.01. The molecule has 2 aromatic carbocycles. The minimum Gasteiger partial charge on any atom is -0.340 e. The van der Waals surface area contributed by atoms with E-state index in [0.29, 0.717) is 28.0 Å². The van der Waals surface area contributed by atoms with Crippen molar-refractivity contribution < 1.29 is 0 Å². The number of rotatable bonds is 4. The van der Waals surface area contributed by atoms with Crippen LogP contribution >= 0.6 is 34.8 Å². The highest BCUT2D eigenvalue weighted by Gasteiger charge is 2.08. The van der Waals surface area contributed by atoms with Crippen molar-refractivity contribution in [1.82, 2.24) is 19.5 Å². The fraction of sp³-hybridized carbons (Fsp3) is 0.111. The summed E-state index contributed by atoms with van der Waals surface area (Å²) in [5, 5.41) is 1.95. The minimum absolute atomic E-state index is 0.605. The molecule has 0 unspecified atom stereocenters. The summed E-state index contributed by atoms with van der Waals surface area (Å²) < 4.78 is 1.98. The summed E-state index contributed by atoms with van der Waals surface area (Å²) in [6.45, 7) is 0.605. The topological polar surface area (TPSA) is 46.5 Å². The number of hydrogen-bond donors (Lipinski definition) is 1. The van der Waals surface area contributed by atoms with Crippen LogP contribution in [0.1, 0.15) is 17.1 Å². The molecule has 4 rings (SSSR count). The molecule has 0 fully saturated rings. The summed E-state index contributed by atoms with van der Waals surface area (Å²) in [6.07, 6.45) is 4.43. The fourth-order valence-corrected chi connectivity index (χ4v) is 3.37. The lowest BCUT2D eigenvalue weighted by atomic mass is 10.1. The maximum absolute atomic E-state index is 6.23. The highest BCUT2D eigenvalue weighted by atomic mass is 35.5. The molecular weight excluding hydrogens is 379 g/mol. The zero-order valence-corrected chi connectivity index (χ0v) is 15.3. The number of imidazole rings is 2. The van der Waals surface area contributed by atoms with Crippen LogP contribution < -0.4 is 0 Å². The first-order valence-electron chi connectivity index (χ1n) is 7.65. The summed E-state index contributed by atoms with van der Waals surface area (Å²) in [7, 11) is 0. The third kappa shape index (κ3) is 3.66. The molecule has 1 N–H and O–H groups in total. The standard InChI is InChI=1S/C18H13Cl3N4/c19-12-2-1-11(15(21)6-12)5-14-8-25(10-22-14)9-18-23-16-4-3-13(20)7-17(16)24-18/h1-4,6-8,10H,5,9H2,(H,23,24). The highest BCUT2D eigenvalue weighted by molar-refractivity contribution is 6.35. The van der Waals surface area contributed by atoms with Gasteiger partial charge in [-0.1, -0.05) is 40.9 Å². The molecule has 0 spiro atoms. The molecule has 4 aromatic rings. The summed E-state index contributed by atoms with van der Waals surface area (Å²) in [5.74, 6) is 0.853. The first-order valence-corrected chi connectivity index (χ1v) is 8.79. The van der Waals surface area contributed by atoms with E-state index in [4.69, 9.17) is 34.8 Å². The molecule has 7 heteroatoms. The molecule has 2 aromatic heterocycles. The van der Waals surface area contributed by atoms with Gasteiger partial charge in [-0.15, -0.1) is 0 Å². The van der Waals surface area contributed by atoms with E-state index >= 15 is 0 Å².